The molecule has 0 aromatic heterocycles. The zero-order chi connectivity index (χ0) is 12.4. The van der Waals surface area contributed by atoms with Gasteiger partial charge in [0.1, 0.15) is 0 Å². The molecule has 0 fully saturated rings. The van der Waals surface area contributed by atoms with Crippen LogP contribution < -0.4 is 5.73 Å². The van der Waals surface area contributed by atoms with Crippen LogP contribution in [0.25, 0.3) is 11.1 Å². The Labute approximate surface area is 103 Å². The van der Waals surface area contributed by atoms with E-state index in [1.807, 2.05) is 18.2 Å². The molecule has 0 bridgehead atoms. The predicted molar refractivity (Wildman–Crippen MR) is 75.1 cm³/mol. The number of nitrogens with two attached hydrogens (primary N) is 1. The average Bonchev–Trinajstić information content (AvgIpc) is 2.32. The summed E-state index contributed by atoms with van der Waals surface area (Å²) < 4.78 is 0. The Morgan fingerprint density at radius 3 is 2.24 bits per heavy atom. The predicted octanol–water partition coefficient (Wildman–Crippen LogP) is 4.37. The Kier molecular flexibility index (Phi) is 3.19. The van der Waals surface area contributed by atoms with Crippen molar-refractivity contribution in [3.8, 4) is 11.1 Å². The first kappa shape index (κ1) is 11.7. The van der Waals surface area contributed by atoms with Crippen molar-refractivity contribution in [2.24, 2.45) is 0 Å². The minimum Gasteiger partial charge on any atom is -0.398 e. The number of aryl methyl sites for hydroxylation is 1. The van der Waals surface area contributed by atoms with E-state index in [0.29, 0.717) is 5.92 Å². The van der Waals surface area contributed by atoms with Gasteiger partial charge in [0.25, 0.3) is 0 Å². The van der Waals surface area contributed by atoms with Gasteiger partial charge in [-0.15, -0.1) is 0 Å². The van der Waals surface area contributed by atoms with Crippen LogP contribution in [0.15, 0.2) is 42.5 Å². The van der Waals surface area contributed by atoms with Crippen molar-refractivity contribution in [3.05, 3.63) is 53.6 Å². The van der Waals surface area contributed by atoms with Crippen molar-refractivity contribution < 1.29 is 0 Å². The summed E-state index contributed by atoms with van der Waals surface area (Å²) in [5.74, 6) is 0.456. The van der Waals surface area contributed by atoms with Gasteiger partial charge in [0.05, 0.1) is 0 Å². The lowest BCUT2D eigenvalue weighted by atomic mass is 9.92. The van der Waals surface area contributed by atoms with Gasteiger partial charge in [-0.2, -0.15) is 0 Å². The lowest BCUT2D eigenvalue weighted by Gasteiger charge is -2.15. The summed E-state index contributed by atoms with van der Waals surface area (Å²) in [6.07, 6.45) is 0. The first-order valence-electron chi connectivity index (χ1n) is 6.05. The minimum atomic E-state index is 0.456. The summed E-state index contributed by atoms with van der Waals surface area (Å²) in [6, 6.07) is 14.7. The highest BCUT2D eigenvalue weighted by atomic mass is 14.6. The second-order valence-corrected chi connectivity index (χ2v) is 4.84. The van der Waals surface area contributed by atoms with Gasteiger partial charge < -0.3 is 5.73 Å². The third-order valence-electron chi connectivity index (χ3n) is 3.06. The fourth-order valence-corrected chi connectivity index (χ4v) is 2.16. The number of nitrogen functional groups attached to an aromatic ring is 1. The first-order valence-corrected chi connectivity index (χ1v) is 6.05. The van der Waals surface area contributed by atoms with Crippen LogP contribution in [0.4, 0.5) is 5.69 Å². The summed E-state index contributed by atoms with van der Waals surface area (Å²) in [5, 5.41) is 0. The van der Waals surface area contributed by atoms with Gasteiger partial charge in [0.2, 0.25) is 0 Å². The zero-order valence-corrected chi connectivity index (χ0v) is 10.7. The van der Waals surface area contributed by atoms with Crippen molar-refractivity contribution in [2.45, 2.75) is 26.7 Å². The van der Waals surface area contributed by atoms with Gasteiger partial charge in [0.15, 0.2) is 0 Å². The molecule has 1 heteroatoms. The number of rotatable bonds is 2. The maximum Gasteiger partial charge on any atom is 0.0429 e. The quantitative estimate of drug-likeness (QED) is 0.755. The monoisotopic (exact) mass is 225 g/mol. The Bertz CT molecular complexity index is 513. The van der Waals surface area contributed by atoms with Gasteiger partial charge in [-0.1, -0.05) is 55.8 Å². The fourth-order valence-electron chi connectivity index (χ4n) is 2.16. The maximum absolute atomic E-state index is 6.29. The molecule has 0 unspecified atom stereocenters. The third kappa shape index (κ3) is 2.33. The van der Waals surface area contributed by atoms with E-state index >= 15 is 0 Å². The molecule has 0 amide bonds. The molecule has 2 aromatic rings. The number of hydrogen-bond donors (Lipinski definition) is 1. The topological polar surface area (TPSA) is 26.0 Å². The fraction of sp³-hybridized carbons (Fsp3) is 0.250. The van der Waals surface area contributed by atoms with E-state index in [9.17, 15) is 0 Å². The Hall–Kier alpha value is -1.76. The van der Waals surface area contributed by atoms with E-state index < -0.39 is 0 Å². The first-order chi connectivity index (χ1) is 8.09. The molecule has 1 nitrogen and oxygen atoms in total. The van der Waals surface area contributed by atoms with E-state index in [0.717, 1.165) is 11.3 Å². The van der Waals surface area contributed by atoms with Crippen LogP contribution in [0, 0.1) is 6.92 Å². The molecular weight excluding hydrogens is 206 g/mol. The summed E-state index contributed by atoms with van der Waals surface area (Å²) in [7, 11) is 0. The van der Waals surface area contributed by atoms with Crippen molar-refractivity contribution in [1.29, 1.82) is 0 Å². The molecule has 0 aliphatic carbocycles. The second kappa shape index (κ2) is 4.62. The van der Waals surface area contributed by atoms with E-state index in [1.165, 1.54) is 16.7 Å². The third-order valence-corrected chi connectivity index (χ3v) is 3.06. The van der Waals surface area contributed by atoms with E-state index in [4.69, 9.17) is 5.73 Å². The number of benzene rings is 2. The zero-order valence-electron chi connectivity index (χ0n) is 10.7. The molecule has 2 N–H and O–H groups in total. The van der Waals surface area contributed by atoms with E-state index in [1.54, 1.807) is 0 Å². The standard InChI is InChI=1S/C16H19N/c1-11(2)14-9-12(3)10-15(16(14)17)13-7-5-4-6-8-13/h4-11H,17H2,1-3H3. The van der Waals surface area contributed by atoms with Crippen LogP contribution in [0.3, 0.4) is 0 Å². The van der Waals surface area contributed by atoms with Gasteiger partial charge in [-0.25, -0.2) is 0 Å². The van der Waals surface area contributed by atoms with Crippen LogP contribution in [0.2, 0.25) is 0 Å². The van der Waals surface area contributed by atoms with Gasteiger partial charge in [0, 0.05) is 11.3 Å². The molecule has 0 aliphatic rings. The average molecular weight is 225 g/mol. The van der Waals surface area contributed by atoms with Gasteiger partial charge >= 0.3 is 0 Å². The molecule has 0 aliphatic heterocycles. The molecule has 0 heterocycles. The molecular formula is C16H19N. The normalized spacial score (nSPS) is 10.8. The van der Waals surface area contributed by atoms with Crippen LogP contribution in [-0.2, 0) is 0 Å². The maximum atomic E-state index is 6.29. The Morgan fingerprint density at radius 1 is 1.00 bits per heavy atom. The van der Waals surface area contributed by atoms with Gasteiger partial charge in [-0.3, -0.25) is 0 Å². The van der Waals surface area contributed by atoms with Crippen LogP contribution in [0.1, 0.15) is 30.9 Å². The molecule has 17 heavy (non-hydrogen) atoms. The number of hydrogen-bond acceptors (Lipinski definition) is 1. The Morgan fingerprint density at radius 2 is 1.65 bits per heavy atom. The Balaban J connectivity index is 2.63. The molecule has 0 saturated carbocycles. The molecule has 0 spiro atoms. The molecule has 0 saturated heterocycles. The van der Waals surface area contributed by atoms with Crippen LogP contribution in [-0.4, -0.2) is 0 Å². The molecule has 2 rings (SSSR count). The van der Waals surface area contributed by atoms with Gasteiger partial charge in [-0.05, 0) is 30.0 Å². The summed E-state index contributed by atoms with van der Waals surface area (Å²) in [5.41, 5.74) is 12.0. The molecule has 88 valence electrons. The highest BCUT2D eigenvalue weighted by Crippen LogP contribution is 2.33. The highest BCUT2D eigenvalue weighted by molar-refractivity contribution is 5.79. The SMILES string of the molecule is Cc1cc(-c2ccccc2)c(N)c(C(C)C)c1. The molecule has 0 atom stereocenters. The second-order valence-electron chi connectivity index (χ2n) is 4.84. The van der Waals surface area contributed by atoms with Crippen molar-refractivity contribution in [2.75, 3.05) is 5.73 Å². The summed E-state index contributed by atoms with van der Waals surface area (Å²) in [4.78, 5) is 0. The minimum absolute atomic E-state index is 0.456. The van der Waals surface area contributed by atoms with E-state index in [2.05, 4.69) is 45.0 Å². The lowest BCUT2D eigenvalue weighted by Crippen LogP contribution is -2.00. The van der Waals surface area contributed by atoms with Crippen molar-refractivity contribution in [1.82, 2.24) is 0 Å². The van der Waals surface area contributed by atoms with Crippen molar-refractivity contribution in [3.63, 3.8) is 0 Å². The molecule has 2 aromatic carbocycles. The summed E-state index contributed by atoms with van der Waals surface area (Å²) >= 11 is 0. The lowest BCUT2D eigenvalue weighted by molar-refractivity contribution is 0.868. The smallest absolute Gasteiger partial charge is 0.0429 e. The van der Waals surface area contributed by atoms with Crippen molar-refractivity contribution >= 4 is 5.69 Å². The largest absolute Gasteiger partial charge is 0.398 e. The number of anilines is 1. The van der Waals surface area contributed by atoms with Crippen LogP contribution in [0.5, 0.6) is 0 Å². The highest BCUT2D eigenvalue weighted by Gasteiger charge is 2.10. The van der Waals surface area contributed by atoms with E-state index in [-0.39, 0.29) is 0 Å². The molecule has 0 radical (unpaired) electrons. The van der Waals surface area contributed by atoms with Crippen LogP contribution >= 0.6 is 0 Å². The summed E-state index contributed by atoms with van der Waals surface area (Å²) in [6.45, 7) is 6.48.